The molecule has 13 heavy (non-hydrogen) atoms. The second-order valence-corrected chi connectivity index (χ2v) is 3.43. The molecule has 0 bridgehead atoms. The molecule has 0 radical (unpaired) electrons. The maximum absolute atomic E-state index is 6.16. The van der Waals surface area contributed by atoms with Crippen molar-refractivity contribution >= 4 is 29.0 Å². The van der Waals surface area contributed by atoms with Gasteiger partial charge in [0.05, 0.1) is 16.6 Å². The predicted molar refractivity (Wildman–Crippen MR) is 59.5 cm³/mol. The van der Waals surface area contributed by atoms with Crippen molar-refractivity contribution in [2.75, 3.05) is 0 Å². The van der Waals surface area contributed by atoms with Crippen molar-refractivity contribution in [3.05, 3.63) is 35.9 Å². The Morgan fingerprint density at radius 3 is 2.54 bits per heavy atom. The molecule has 0 aliphatic carbocycles. The van der Waals surface area contributed by atoms with Crippen LogP contribution < -0.4 is 0 Å². The Labute approximate surface area is 88.4 Å². The number of nitrogens with zero attached hydrogens (tertiary/aromatic N) is 1. The summed E-state index contributed by atoms with van der Waals surface area (Å²) >= 11 is 10.7. The van der Waals surface area contributed by atoms with E-state index < -0.39 is 0 Å². The molecular formula is C10H10ClNS. The summed E-state index contributed by atoms with van der Waals surface area (Å²) in [6, 6.07) is 9.80. The Bertz CT molecular complexity index is 306. The molecule has 0 aliphatic heterocycles. The van der Waals surface area contributed by atoms with Crippen LogP contribution in [0.25, 0.3) is 0 Å². The van der Waals surface area contributed by atoms with E-state index in [1.807, 2.05) is 37.3 Å². The van der Waals surface area contributed by atoms with E-state index in [9.17, 15) is 0 Å². The molecule has 0 saturated heterocycles. The van der Waals surface area contributed by atoms with Crippen molar-refractivity contribution in [3.63, 3.8) is 0 Å². The summed E-state index contributed by atoms with van der Waals surface area (Å²) in [7, 11) is 0. The highest BCUT2D eigenvalue weighted by Crippen LogP contribution is 2.25. The van der Waals surface area contributed by atoms with Crippen LogP contribution >= 0.6 is 23.8 Å². The van der Waals surface area contributed by atoms with Gasteiger partial charge in [0.15, 0.2) is 0 Å². The Hall–Kier alpha value is -0.690. The first-order valence-corrected chi connectivity index (χ1v) is 4.86. The lowest BCUT2D eigenvalue weighted by molar-refractivity contribution is 0.720. The third-order valence-corrected chi connectivity index (χ3v) is 2.52. The van der Waals surface area contributed by atoms with Crippen molar-refractivity contribution in [3.8, 4) is 0 Å². The minimum atomic E-state index is -0.128. The van der Waals surface area contributed by atoms with E-state index in [4.69, 9.17) is 11.6 Å². The van der Waals surface area contributed by atoms with Crippen LogP contribution in [0.5, 0.6) is 0 Å². The zero-order valence-corrected chi connectivity index (χ0v) is 8.85. The zero-order chi connectivity index (χ0) is 9.68. The molecule has 1 aromatic rings. The van der Waals surface area contributed by atoms with Crippen LogP contribution in [-0.2, 0) is 0 Å². The summed E-state index contributed by atoms with van der Waals surface area (Å²) in [4.78, 5) is 3.93. The highest BCUT2D eigenvalue weighted by molar-refractivity contribution is 7.78. The average molecular weight is 212 g/mol. The highest BCUT2D eigenvalue weighted by Gasteiger charge is 2.14. The second kappa shape index (κ2) is 5.13. The number of isothiocyanates is 1. The molecule has 1 rings (SSSR count). The summed E-state index contributed by atoms with van der Waals surface area (Å²) in [5.41, 5.74) is 1.06. The van der Waals surface area contributed by atoms with Crippen molar-refractivity contribution < 1.29 is 0 Å². The maximum Gasteiger partial charge on any atom is 0.0814 e. The van der Waals surface area contributed by atoms with Gasteiger partial charge < -0.3 is 0 Å². The normalized spacial score (nSPS) is 14.3. The van der Waals surface area contributed by atoms with Gasteiger partial charge in [-0.25, -0.2) is 4.99 Å². The van der Waals surface area contributed by atoms with Gasteiger partial charge in [0.2, 0.25) is 0 Å². The minimum Gasteiger partial charge on any atom is -0.228 e. The molecule has 1 nitrogen and oxygen atoms in total. The van der Waals surface area contributed by atoms with E-state index >= 15 is 0 Å². The lowest BCUT2D eigenvalue weighted by atomic mass is 10.1. The molecule has 2 atom stereocenters. The Morgan fingerprint density at radius 2 is 2.00 bits per heavy atom. The first-order valence-electron chi connectivity index (χ1n) is 4.01. The van der Waals surface area contributed by atoms with E-state index in [0.717, 1.165) is 5.56 Å². The third-order valence-electron chi connectivity index (χ3n) is 1.80. The minimum absolute atomic E-state index is 0.0263. The number of aliphatic imine (C=N–C) groups is 1. The van der Waals surface area contributed by atoms with E-state index in [1.54, 1.807) is 0 Å². The Morgan fingerprint density at radius 1 is 1.38 bits per heavy atom. The largest absolute Gasteiger partial charge is 0.228 e. The van der Waals surface area contributed by atoms with Crippen molar-refractivity contribution in [1.82, 2.24) is 0 Å². The standard InChI is InChI=1S/C10H10ClNS/c1-8(12-7-13)10(11)9-5-3-2-4-6-9/h2-6,8,10H,1H3. The molecule has 0 aliphatic rings. The van der Waals surface area contributed by atoms with Gasteiger partial charge in [0.25, 0.3) is 0 Å². The topological polar surface area (TPSA) is 12.4 Å². The fraction of sp³-hybridized carbons (Fsp3) is 0.300. The molecule has 68 valence electrons. The van der Waals surface area contributed by atoms with E-state index in [0.29, 0.717) is 0 Å². The van der Waals surface area contributed by atoms with Crippen LogP contribution in [0.3, 0.4) is 0 Å². The average Bonchev–Trinajstić information content (AvgIpc) is 2.18. The summed E-state index contributed by atoms with van der Waals surface area (Å²) < 4.78 is 0. The van der Waals surface area contributed by atoms with Gasteiger partial charge in [0, 0.05) is 0 Å². The van der Waals surface area contributed by atoms with Gasteiger partial charge in [-0.1, -0.05) is 30.3 Å². The Kier molecular flexibility index (Phi) is 4.10. The number of rotatable bonds is 3. The van der Waals surface area contributed by atoms with Crippen LogP contribution in [0, 0.1) is 0 Å². The van der Waals surface area contributed by atoms with E-state index in [-0.39, 0.29) is 11.4 Å². The molecule has 0 aromatic heterocycles. The smallest absolute Gasteiger partial charge is 0.0814 e. The SMILES string of the molecule is CC(N=C=S)C(Cl)c1ccccc1. The summed E-state index contributed by atoms with van der Waals surface area (Å²) in [6.07, 6.45) is 0. The number of benzene rings is 1. The molecule has 1 aromatic carbocycles. The molecule has 2 unspecified atom stereocenters. The van der Waals surface area contributed by atoms with Crippen LogP contribution in [-0.4, -0.2) is 11.2 Å². The number of hydrogen-bond acceptors (Lipinski definition) is 2. The summed E-state index contributed by atoms with van der Waals surface area (Å²) in [5.74, 6) is 0. The number of halogens is 1. The lowest BCUT2D eigenvalue weighted by Crippen LogP contribution is -2.06. The van der Waals surface area contributed by atoms with Crippen molar-refractivity contribution in [1.29, 1.82) is 0 Å². The molecule has 0 fully saturated rings. The van der Waals surface area contributed by atoms with Crippen LogP contribution in [0.2, 0.25) is 0 Å². The second-order valence-electron chi connectivity index (χ2n) is 2.77. The number of hydrogen-bond donors (Lipinski definition) is 0. The number of thiocarbonyl (C=S) groups is 1. The maximum atomic E-state index is 6.16. The van der Waals surface area contributed by atoms with Crippen molar-refractivity contribution in [2.24, 2.45) is 4.99 Å². The highest BCUT2D eigenvalue weighted by atomic mass is 35.5. The van der Waals surface area contributed by atoms with Gasteiger partial charge in [-0.05, 0) is 24.7 Å². The summed E-state index contributed by atoms with van der Waals surface area (Å²) in [6.45, 7) is 1.92. The molecule has 0 N–H and O–H groups in total. The zero-order valence-electron chi connectivity index (χ0n) is 7.27. The molecule has 0 saturated carbocycles. The molecule has 0 heterocycles. The first-order chi connectivity index (χ1) is 6.25. The summed E-state index contributed by atoms with van der Waals surface area (Å²) in [5, 5.41) is 2.21. The quantitative estimate of drug-likeness (QED) is 0.424. The fourth-order valence-corrected chi connectivity index (χ4v) is 1.43. The van der Waals surface area contributed by atoms with Crippen LogP contribution in [0.4, 0.5) is 0 Å². The van der Waals surface area contributed by atoms with Crippen molar-refractivity contribution in [2.45, 2.75) is 18.3 Å². The Balaban J connectivity index is 2.79. The fourth-order valence-electron chi connectivity index (χ4n) is 1.06. The predicted octanol–water partition coefficient (Wildman–Crippen LogP) is 3.46. The lowest BCUT2D eigenvalue weighted by Gasteiger charge is -2.12. The molecular weight excluding hydrogens is 202 g/mol. The van der Waals surface area contributed by atoms with Gasteiger partial charge in [-0.2, -0.15) is 0 Å². The molecule has 0 spiro atoms. The van der Waals surface area contributed by atoms with E-state index in [2.05, 4.69) is 22.4 Å². The monoisotopic (exact) mass is 211 g/mol. The third kappa shape index (κ3) is 2.92. The molecule has 0 amide bonds. The number of alkyl halides is 1. The van der Waals surface area contributed by atoms with Gasteiger partial charge >= 0.3 is 0 Å². The first kappa shape index (κ1) is 10.4. The molecule has 3 heteroatoms. The van der Waals surface area contributed by atoms with Crippen LogP contribution in [0.1, 0.15) is 17.9 Å². The van der Waals surface area contributed by atoms with E-state index in [1.165, 1.54) is 0 Å². The van der Waals surface area contributed by atoms with Crippen LogP contribution in [0.15, 0.2) is 35.3 Å². The van der Waals surface area contributed by atoms with Gasteiger partial charge in [-0.15, -0.1) is 11.6 Å². The van der Waals surface area contributed by atoms with Gasteiger partial charge in [0.1, 0.15) is 0 Å². The van der Waals surface area contributed by atoms with Gasteiger partial charge in [-0.3, -0.25) is 0 Å².